The van der Waals surface area contributed by atoms with Crippen molar-refractivity contribution < 1.29 is 14.3 Å². The van der Waals surface area contributed by atoms with Crippen molar-refractivity contribution in [2.75, 3.05) is 13.7 Å². The molecular formula is C13H15NO3. The van der Waals surface area contributed by atoms with Gasteiger partial charge in [-0.3, -0.25) is 9.59 Å². The molecule has 0 radical (unpaired) electrons. The van der Waals surface area contributed by atoms with Crippen LogP contribution in [0.4, 0.5) is 0 Å². The first-order valence-corrected chi connectivity index (χ1v) is 5.62. The van der Waals surface area contributed by atoms with Crippen LogP contribution < -0.4 is 0 Å². The molecule has 0 spiro atoms. The number of esters is 1. The minimum absolute atomic E-state index is 0.00259. The van der Waals surface area contributed by atoms with Gasteiger partial charge in [0.15, 0.2) is 0 Å². The zero-order valence-electron chi connectivity index (χ0n) is 9.76. The van der Waals surface area contributed by atoms with Crippen LogP contribution in [0.15, 0.2) is 24.3 Å². The lowest BCUT2D eigenvalue weighted by molar-refractivity contribution is -0.145. The fraction of sp³-hybridized carbons (Fsp3) is 0.385. The molecule has 1 atom stereocenters. The maximum absolute atomic E-state index is 11.2. The molecule has 1 aliphatic carbocycles. The summed E-state index contributed by atoms with van der Waals surface area (Å²) in [5.74, 6) is -0.388. The van der Waals surface area contributed by atoms with Crippen LogP contribution in [0.25, 0.3) is 0 Å². The second-order valence-electron chi connectivity index (χ2n) is 4.11. The Bertz CT molecular complexity index is 430. The average molecular weight is 233 g/mol. The summed E-state index contributed by atoms with van der Waals surface area (Å²) in [5.41, 5.74) is 2.40. The van der Waals surface area contributed by atoms with Gasteiger partial charge in [-0.25, -0.2) is 0 Å². The highest BCUT2D eigenvalue weighted by molar-refractivity contribution is 5.74. The smallest absolute Gasteiger partial charge is 0.325 e. The summed E-state index contributed by atoms with van der Waals surface area (Å²) in [6, 6.07) is 8.03. The third kappa shape index (κ3) is 2.30. The molecule has 0 N–H and O–H groups in total. The molecule has 1 aliphatic rings. The maximum atomic E-state index is 11.2. The Morgan fingerprint density at radius 2 is 2.29 bits per heavy atom. The summed E-state index contributed by atoms with van der Waals surface area (Å²) in [6.07, 6.45) is 2.55. The minimum Gasteiger partial charge on any atom is -0.468 e. The van der Waals surface area contributed by atoms with Crippen molar-refractivity contribution in [3.63, 3.8) is 0 Å². The molecule has 0 bridgehead atoms. The van der Waals surface area contributed by atoms with E-state index in [-0.39, 0.29) is 18.6 Å². The number of fused-ring (bicyclic) bond motifs is 1. The van der Waals surface area contributed by atoms with Crippen molar-refractivity contribution in [3.8, 4) is 0 Å². The Morgan fingerprint density at radius 3 is 3.00 bits per heavy atom. The maximum Gasteiger partial charge on any atom is 0.325 e. The number of amides is 1. The monoisotopic (exact) mass is 233 g/mol. The van der Waals surface area contributed by atoms with E-state index >= 15 is 0 Å². The van der Waals surface area contributed by atoms with Crippen LogP contribution in [0.1, 0.15) is 23.6 Å². The number of aryl methyl sites for hydroxylation is 1. The number of ether oxygens (including phenoxy) is 1. The molecule has 0 fully saturated rings. The van der Waals surface area contributed by atoms with Crippen LogP contribution in [-0.2, 0) is 20.7 Å². The largest absolute Gasteiger partial charge is 0.468 e. The standard InChI is InChI=1S/C13H15NO3/c1-17-13(16)8-14(9-15)12-7-6-10-4-2-3-5-11(10)12/h2-5,9,12H,6-8H2,1H3/t12-/m0/s1. The van der Waals surface area contributed by atoms with Crippen molar-refractivity contribution in [1.29, 1.82) is 0 Å². The Kier molecular flexibility index (Phi) is 3.42. The average Bonchev–Trinajstić information content (AvgIpc) is 2.79. The zero-order valence-corrected chi connectivity index (χ0v) is 9.76. The van der Waals surface area contributed by atoms with Crippen LogP contribution in [-0.4, -0.2) is 30.9 Å². The first-order valence-electron chi connectivity index (χ1n) is 5.62. The predicted octanol–water partition coefficient (Wildman–Crippen LogP) is 1.31. The van der Waals surface area contributed by atoms with E-state index in [9.17, 15) is 9.59 Å². The first kappa shape index (κ1) is 11.6. The van der Waals surface area contributed by atoms with Gasteiger partial charge in [-0.05, 0) is 24.0 Å². The minimum atomic E-state index is -0.388. The van der Waals surface area contributed by atoms with E-state index < -0.39 is 0 Å². The molecule has 1 aromatic carbocycles. The predicted molar refractivity (Wildman–Crippen MR) is 62.3 cm³/mol. The molecule has 0 saturated carbocycles. The summed E-state index contributed by atoms with van der Waals surface area (Å²) in [7, 11) is 1.33. The molecule has 2 rings (SSSR count). The summed E-state index contributed by atoms with van der Waals surface area (Å²) >= 11 is 0. The molecule has 0 unspecified atom stereocenters. The van der Waals surface area contributed by atoms with Gasteiger partial charge in [-0.15, -0.1) is 0 Å². The van der Waals surface area contributed by atoms with Crippen LogP contribution >= 0.6 is 0 Å². The van der Waals surface area contributed by atoms with E-state index in [4.69, 9.17) is 0 Å². The highest BCUT2D eigenvalue weighted by Gasteiger charge is 2.28. The van der Waals surface area contributed by atoms with Gasteiger partial charge >= 0.3 is 5.97 Å². The van der Waals surface area contributed by atoms with Crippen molar-refractivity contribution in [1.82, 2.24) is 4.90 Å². The van der Waals surface area contributed by atoms with E-state index in [2.05, 4.69) is 10.8 Å². The SMILES string of the molecule is COC(=O)CN(C=O)[C@H]1CCc2ccccc21. The van der Waals surface area contributed by atoms with Gasteiger partial charge in [0.1, 0.15) is 6.54 Å². The summed E-state index contributed by atoms with van der Waals surface area (Å²) in [4.78, 5) is 23.8. The quantitative estimate of drug-likeness (QED) is 0.582. The Hall–Kier alpha value is -1.84. The summed E-state index contributed by atoms with van der Waals surface area (Å²) in [6.45, 7) is 0.0129. The lowest BCUT2D eigenvalue weighted by Gasteiger charge is -2.24. The summed E-state index contributed by atoms with van der Waals surface area (Å²) in [5, 5.41) is 0. The number of rotatable bonds is 4. The van der Waals surface area contributed by atoms with Gasteiger partial charge in [-0.1, -0.05) is 24.3 Å². The number of carbonyl (C=O) groups excluding carboxylic acids is 2. The van der Waals surface area contributed by atoms with Gasteiger partial charge in [0.2, 0.25) is 6.41 Å². The van der Waals surface area contributed by atoms with Crippen molar-refractivity contribution in [2.45, 2.75) is 18.9 Å². The molecule has 1 amide bonds. The lowest BCUT2D eigenvalue weighted by Crippen LogP contribution is -2.32. The molecule has 0 saturated heterocycles. The van der Waals surface area contributed by atoms with Gasteiger partial charge in [0.25, 0.3) is 0 Å². The van der Waals surface area contributed by atoms with Crippen LogP contribution in [0.2, 0.25) is 0 Å². The molecule has 0 heterocycles. The fourth-order valence-electron chi connectivity index (χ4n) is 2.31. The number of benzene rings is 1. The van der Waals surface area contributed by atoms with E-state index in [0.29, 0.717) is 0 Å². The molecule has 1 aromatic rings. The number of hydrogen-bond donors (Lipinski definition) is 0. The molecule has 0 aromatic heterocycles. The van der Waals surface area contributed by atoms with Crippen molar-refractivity contribution in [2.24, 2.45) is 0 Å². The van der Waals surface area contributed by atoms with Crippen molar-refractivity contribution >= 4 is 12.4 Å². The number of methoxy groups -OCH3 is 1. The van der Waals surface area contributed by atoms with E-state index in [1.165, 1.54) is 17.6 Å². The highest BCUT2D eigenvalue weighted by atomic mass is 16.5. The second kappa shape index (κ2) is 4.99. The highest BCUT2D eigenvalue weighted by Crippen LogP contribution is 2.34. The Balaban J connectivity index is 2.17. The molecule has 90 valence electrons. The molecule has 4 nitrogen and oxygen atoms in total. The van der Waals surface area contributed by atoms with Crippen LogP contribution in [0.5, 0.6) is 0 Å². The van der Waals surface area contributed by atoms with Gasteiger partial charge in [0, 0.05) is 0 Å². The van der Waals surface area contributed by atoms with E-state index in [1.807, 2.05) is 18.2 Å². The fourth-order valence-corrected chi connectivity index (χ4v) is 2.31. The van der Waals surface area contributed by atoms with E-state index in [0.717, 1.165) is 24.8 Å². The molecule has 0 aliphatic heterocycles. The summed E-state index contributed by atoms with van der Waals surface area (Å²) < 4.78 is 4.59. The number of nitrogens with zero attached hydrogens (tertiary/aromatic N) is 1. The second-order valence-corrected chi connectivity index (χ2v) is 4.11. The normalized spacial score (nSPS) is 17.4. The molecule has 17 heavy (non-hydrogen) atoms. The Morgan fingerprint density at radius 1 is 1.53 bits per heavy atom. The van der Waals surface area contributed by atoms with Gasteiger partial charge in [-0.2, -0.15) is 0 Å². The topological polar surface area (TPSA) is 46.6 Å². The van der Waals surface area contributed by atoms with Crippen molar-refractivity contribution in [3.05, 3.63) is 35.4 Å². The Labute approximate surface area is 100 Å². The number of hydrogen-bond acceptors (Lipinski definition) is 3. The van der Waals surface area contributed by atoms with Gasteiger partial charge in [0.05, 0.1) is 13.2 Å². The third-order valence-corrected chi connectivity index (χ3v) is 3.18. The number of carbonyl (C=O) groups is 2. The zero-order chi connectivity index (χ0) is 12.3. The lowest BCUT2D eigenvalue weighted by atomic mass is 10.1. The molecular weight excluding hydrogens is 218 g/mol. The van der Waals surface area contributed by atoms with Crippen LogP contribution in [0, 0.1) is 0 Å². The van der Waals surface area contributed by atoms with Crippen LogP contribution in [0.3, 0.4) is 0 Å². The molecule has 4 heteroatoms. The van der Waals surface area contributed by atoms with Gasteiger partial charge < -0.3 is 9.64 Å². The first-order chi connectivity index (χ1) is 8.26. The van der Waals surface area contributed by atoms with E-state index in [1.54, 1.807) is 0 Å². The third-order valence-electron chi connectivity index (χ3n) is 3.18.